The van der Waals surface area contributed by atoms with Gasteiger partial charge >= 0.3 is 5.97 Å². The average Bonchev–Trinajstić information content (AvgIpc) is 2.69. The van der Waals surface area contributed by atoms with Crippen LogP contribution in [0, 0.1) is 0 Å². The number of rotatable bonds is 17. The topological polar surface area (TPSA) is 35.5 Å². The first kappa shape index (κ1) is 23.5. The van der Waals surface area contributed by atoms with Crippen LogP contribution in [0.1, 0.15) is 96.5 Å². The normalized spacial score (nSPS) is 10.7. The number of esters is 1. The highest BCUT2D eigenvalue weighted by atomic mass is 16.6. The lowest BCUT2D eigenvalue weighted by Gasteiger charge is -2.08. The molecule has 3 nitrogen and oxygen atoms in total. The maximum atomic E-state index is 11.6. The lowest BCUT2D eigenvalue weighted by molar-refractivity contribution is -0.144. The summed E-state index contributed by atoms with van der Waals surface area (Å²) in [4.78, 5) is 11.6. The van der Waals surface area contributed by atoms with Gasteiger partial charge in [0.15, 0.2) is 0 Å². The number of ether oxygens (including phenoxy) is 2. The van der Waals surface area contributed by atoms with Crippen molar-refractivity contribution in [2.24, 2.45) is 0 Å². The van der Waals surface area contributed by atoms with Crippen molar-refractivity contribution in [1.29, 1.82) is 0 Å². The summed E-state index contributed by atoms with van der Waals surface area (Å²) in [6, 6.07) is 8.32. The third-order valence-electron chi connectivity index (χ3n) is 4.84. The highest BCUT2D eigenvalue weighted by Crippen LogP contribution is 2.15. The Morgan fingerprint density at radius 3 is 2.00 bits per heavy atom. The molecule has 0 heterocycles. The van der Waals surface area contributed by atoms with Gasteiger partial charge in [-0.25, -0.2) is 0 Å². The summed E-state index contributed by atoms with van der Waals surface area (Å²) in [6.07, 6.45) is 15.4. The molecule has 0 aliphatic carbocycles. The van der Waals surface area contributed by atoms with Crippen molar-refractivity contribution in [2.75, 3.05) is 13.2 Å². The Hall–Kier alpha value is -1.51. The number of benzene rings is 1. The van der Waals surface area contributed by atoms with Crippen LogP contribution in [0.3, 0.4) is 0 Å². The molecule has 0 saturated heterocycles. The smallest absolute Gasteiger partial charge is 0.305 e. The van der Waals surface area contributed by atoms with Gasteiger partial charge in [-0.1, -0.05) is 83.8 Å². The van der Waals surface area contributed by atoms with Crippen LogP contribution in [-0.4, -0.2) is 19.2 Å². The van der Waals surface area contributed by atoms with Gasteiger partial charge in [0.25, 0.3) is 0 Å². The SMILES string of the molecule is CCCCCCCCc1ccc(OCCOC(=O)CCCCCCC)cc1. The molecule has 0 atom stereocenters. The minimum atomic E-state index is -0.107. The van der Waals surface area contributed by atoms with Crippen molar-refractivity contribution in [1.82, 2.24) is 0 Å². The second kappa shape index (κ2) is 16.6. The molecule has 0 saturated carbocycles. The van der Waals surface area contributed by atoms with E-state index >= 15 is 0 Å². The van der Waals surface area contributed by atoms with Crippen molar-refractivity contribution >= 4 is 5.97 Å². The molecule has 0 radical (unpaired) electrons. The number of aryl methyl sites for hydroxylation is 1. The fourth-order valence-corrected chi connectivity index (χ4v) is 3.12. The van der Waals surface area contributed by atoms with Crippen LogP contribution in [0.25, 0.3) is 0 Å². The van der Waals surface area contributed by atoms with Crippen molar-refractivity contribution in [3.05, 3.63) is 29.8 Å². The fourth-order valence-electron chi connectivity index (χ4n) is 3.12. The van der Waals surface area contributed by atoms with E-state index in [1.807, 2.05) is 12.1 Å². The largest absolute Gasteiger partial charge is 0.490 e. The standard InChI is InChI=1S/C24H40O3/c1-3-5-7-9-11-12-14-22-16-18-23(19-17-22)26-20-21-27-24(25)15-13-10-8-6-4-2/h16-19H,3-15,20-21H2,1-2H3. The van der Waals surface area contributed by atoms with E-state index in [0.717, 1.165) is 25.0 Å². The molecule has 1 aromatic carbocycles. The van der Waals surface area contributed by atoms with Crippen molar-refractivity contribution in [2.45, 2.75) is 97.3 Å². The number of hydrogen-bond donors (Lipinski definition) is 0. The third kappa shape index (κ3) is 13.3. The first-order chi connectivity index (χ1) is 13.3. The summed E-state index contributed by atoms with van der Waals surface area (Å²) in [5.41, 5.74) is 1.37. The van der Waals surface area contributed by atoms with Crippen LogP contribution < -0.4 is 4.74 Å². The van der Waals surface area contributed by atoms with E-state index in [0.29, 0.717) is 19.6 Å². The molecule has 154 valence electrons. The Bertz CT molecular complexity index is 467. The zero-order chi connectivity index (χ0) is 19.6. The summed E-state index contributed by atoms with van der Waals surface area (Å²) in [7, 11) is 0. The molecule has 1 aromatic rings. The summed E-state index contributed by atoms with van der Waals surface area (Å²) in [5.74, 6) is 0.738. The zero-order valence-corrected chi connectivity index (χ0v) is 17.6. The van der Waals surface area contributed by atoms with Gasteiger partial charge in [-0.05, 0) is 37.0 Å². The van der Waals surface area contributed by atoms with E-state index in [1.54, 1.807) is 0 Å². The third-order valence-corrected chi connectivity index (χ3v) is 4.84. The monoisotopic (exact) mass is 376 g/mol. The van der Waals surface area contributed by atoms with Gasteiger partial charge in [-0.2, -0.15) is 0 Å². The van der Waals surface area contributed by atoms with Crippen molar-refractivity contribution in [3.63, 3.8) is 0 Å². The van der Waals surface area contributed by atoms with Crippen LogP contribution in [-0.2, 0) is 16.0 Å². The fraction of sp³-hybridized carbons (Fsp3) is 0.708. The summed E-state index contributed by atoms with van der Waals surface area (Å²) in [6.45, 7) is 5.19. The minimum absolute atomic E-state index is 0.107. The maximum absolute atomic E-state index is 11.6. The van der Waals surface area contributed by atoms with Crippen LogP contribution in [0.5, 0.6) is 5.75 Å². The first-order valence-corrected chi connectivity index (χ1v) is 11.1. The molecule has 0 aliphatic heterocycles. The highest BCUT2D eigenvalue weighted by Gasteiger charge is 2.03. The molecule has 0 aliphatic rings. The minimum Gasteiger partial charge on any atom is -0.490 e. The first-order valence-electron chi connectivity index (χ1n) is 11.1. The molecule has 27 heavy (non-hydrogen) atoms. The Morgan fingerprint density at radius 1 is 0.741 bits per heavy atom. The zero-order valence-electron chi connectivity index (χ0n) is 17.6. The van der Waals surface area contributed by atoms with E-state index in [4.69, 9.17) is 9.47 Å². The van der Waals surface area contributed by atoms with Crippen LogP contribution in [0.2, 0.25) is 0 Å². The summed E-state index contributed by atoms with van der Waals surface area (Å²) < 4.78 is 10.9. The quantitative estimate of drug-likeness (QED) is 0.220. The van der Waals surface area contributed by atoms with E-state index in [1.165, 1.54) is 63.4 Å². The van der Waals surface area contributed by atoms with Gasteiger partial charge < -0.3 is 9.47 Å². The molecule has 0 amide bonds. The average molecular weight is 377 g/mol. The number of hydrogen-bond acceptors (Lipinski definition) is 3. The molecule has 0 spiro atoms. The van der Waals surface area contributed by atoms with E-state index in [-0.39, 0.29) is 5.97 Å². The molecule has 0 bridgehead atoms. The van der Waals surface area contributed by atoms with Gasteiger partial charge in [-0.3, -0.25) is 4.79 Å². The van der Waals surface area contributed by atoms with Gasteiger partial charge in [-0.15, -0.1) is 0 Å². The van der Waals surface area contributed by atoms with Gasteiger partial charge in [0, 0.05) is 6.42 Å². The molecular formula is C24H40O3. The number of carbonyl (C=O) groups excluding carboxylic acids is 1. The Labute approximate surface area is 166 Å². The van der Waals surface area contributed by atoms with E-state index in [9.17, 15) is 4.79 Å². The number of unbranched alkanes of at least 4 members (excludes halogenated alkanes) is 9. The predicted molar refractivity (Wildman–Crippen MR) is 113 cm³/mol. The van der Waals surface area contributed by atoms with Crippen LogP contribution >= 0.6 is 0 Å². The molecular weight excluding hydrogens is 336 g/mol. The van der Waals surface area contributed by atoms with Crippen molar-refractivity contribution < 1.29 is 14.3 Å². The summed E-state index contributed by atoms with van der Waals surface area (Å²) >= 11 is 0. The van der Waals surface area contributed by atoms with Gasteiger partial charge in [0.1, 0.15) is 19.0 Å². The summed E-state index contributed by atoms with van der Waals surface area (Å²) in [5, 5.41) is 0. The molecule has 0 unspecified atom stereocenters. The van der Waals surface area contributed by atoms with E-state index < -0.39 is 0 Å². The van der Waals surface area contributed by atoms with Crippen molar-refractivity contribution in [3.8, 4) is 5.75 Å². The lowest BCUT2D eigenvalue weighted by Crippen LogP contribution is -2.12. The Kier molecular flexibility index (Phi) is 14.5. The second-order valence-corrected chi connectivity index (χ2v) is 7.39. The second-order valence-electron chi connectivity index (χ2n) is 7.39. The highest BCUT2D eigenvalue weighted by molar-refractivity contribution is 5.69. The lowest BCUT2D eigenvalue weighted by atomic mass is 10.0. The van der Waals surface area contributed by atoms with Gasteiger partial charge in [0.2, 0.25) is 0 Å². The molecule has 3 heteroatoms. The predicted octanol–water partition coefficient (Wildman–Crippen LogP) is 6.87. The molecule has 0 aromatic heterocycles. The number of carbonyl (C=O) groups is 1. The van der Waals surface area contributed by atoms with Crippen LogP contribution in [0.4, 0.5) is 0 Å². The molecule has 1 rings (SSSR count). The van der Waals surface area contributed by atoms with Gasteiger partial charge in [0.05, 0.1) is 0 Å². The Balaban J connectivity index is 2.04. The Morgan fingerprint density at radius 2 is 1.33 bits per heavy atom. The van der Waals surface area contributed by atoms with Crippen LogP contribution in [0.15, 0.2) is 24.3 Å². The molecule has 0 fully saturated rings. The maximum Gasteiger partial charge on any atom is 0.305 e. The molecule has 0 N–H and O–H groups in total. The van der Waals surface area contributed by atoms with E-state index in [2.05, 4.69) is 26.0 Å².